The molecule has 28 heavy (non-hydrogen) atoms. The number of nitrogens with one attached hydrogen (secondary N) is 1. The summed E-state index contributed by atoms with van der Waals surface area (Å²) in [6, 6.07) is 10.4. The van der Waals surface area contributed by atoms with Crippen LogP contribution >= 0.6 is 11.8 Å². The summed E-state index contributed by atoms with van der Waals surface area (Å²) in [6.45, 7) is -0.468. The van der Waals surface area contributed by atoms with Gasteiger partial charge >= 0.3 is 0 Å². The summed E-state index contributed by atoms with van der Waals surface area (Å²) in [6.07, 6.45) is 0. The van der Waals surface area contributed by atoms with Crippen LogP contribution in [0.5, 0.6) is 5.75 Å². The fourth-order valence-electron chi connectivity index (χ4n) is 2.57. The summed E-state index contributed by atoms with van der Waals surface area (Å²) < 4.78 is 31.7. The monoisotopic (exact) mass is 403 g/mol. The van der Waals surface area contributed by atoms with Crippen LogP contribution in [0.15, 0.2) is 42.5 Å². The minimum absolute atomic E-state index is 0.236. The van der Waals surface area contributed by atoms with Crippen molar-refractivity contribution in [2.45, 2.75) is 6.04 Å². The van der Waals surface area contributed by atoms with Gasteiger partial charge in [-0.25, -0.2) is 8.78 Å². The summed E-state index contributed by atoms with van der Waals surface area (Å²) in [4.78, 5) is 26.3. The van der Waals surface area contributed by atoms with Crippen LogP contribution in [0.4, 0.5) is 14.5 Å². The van der Waals surface area contributed by atoms with Crippen molar-refractivity contribution in [1.82, 2.24) is 4.90 Å². The molecular formula is C19H15F2N3O3S. The molecule has 1 heterocycles. The van der Waals surface area contributed by atoms with Gasteiger partial charge < -0.3 is 15.0 Å². The molecule has 1 aliphatic heterocycles. The summed E-state index contributed by atoms with van der Waals surface area (Å²) in [7, 11) is 0. The van der Waals surface area contributed by atoms with E-state index in [1.807, 2.05) is 6.07 Å². The molecule has 0 spiro atoms. The molecular weight excluding hydrogens is 388 g/mol. The molecule has 2 amide bonds. The minimum atomic E-state index is -0.904. The average Bonchev–Trinajstić information content (AvgIpc) is 3.18. The number of thioether (sulfide) groups is 1. The molecule has 1 saturated heterocycles. The lowest BCUT2D eigenvalue weighted by molar-refractivity contribution is -0.137. The molecule has 9 heteroatoms. The standard InChI is InChI=1S/C19H15F2N3O3S/c20-13-3-6-17(15(21)7-13)27-9-18(25)24-11-28-10-16(24)19(26)23-14-4-1-12(8-22)2-5-14/h1-7,16H,9-11H2,(H,23,26). The first-order valence-electron chi connectivity index (χ1n) is 8.24. The van der Waals surface area contributed by atoms with Crippen molar-refractivity contribution in [2.24, 2.45) is 0 Å². The number of benzene rings is 2. The van der Waals surface area contributed by atoms with Crippen molar-refractivity contribution in [2.75, 3.05) is 23.6 Å². The number of amides is 2. The lowest BCUT2D eigenvalue weighted by Gasteiger charge is -2.23. The number of ether oxygens (including phenoxy) is 1. The van der Waals surface area contributed by atoms with Crippen molar-refractivity contribution >= 4 is 29.3 Å². The molecule has 0 radical (unpaired) electrons. The van der Waals surface area contributed by atoms with E-state index in [1.54, 1.807) is 24.3 Å². The average molecular weight is 403 g/mol. The molecule has 144 valence electrons. The van der Waals surface area contributed by atoms with Crippen LogP contribution in [-0.2, 0) is 9.59 Å². The molecule has 1 unspecified atom stereocenters. The smallest absolute Gasteiger partial charge is 0.261 e. The normalized spacial score (nSPS) is 15.8. The zero-order valence-corrected chi connectivity index (χ0v) is 15.3. The van der Waals surface area contributed by atoms with Crippen molar-refractivity contribution in [3.05, 3.63) is 59.7 Å². The number of nitriles is 1. The number of carbonyl (C=O) groups is 2. The van der Waals surface area contributed by atoms with Crippen LogP contribution in [0, 0.1) is 23.0 Å². The largest absolute Gasteiger partial charge is 0.481 e. The first kappa shape index (κ1) is 19.6. The van der Waals surface area contributed by atoms with Crippen LogP contribution in [0.3, 0.4) is 0 Å². The van der Waals surface area contributed by atoms with E-state index in [4.69, 9.17) is 10.00 Å². The number of anilines is 1. The van der Waals surface area contributed by atoms with Gasteiger partial charge in [0, 0.05) is 17.5 Å². The van der Waals surface area contributed by atoms with Gasteiger partial charge in [-0.05, 0) is 36.4 Å². The number of carbonyl (C=O) groups excluding carboxylic acids is 2. The molecule has 1 aliphatic rings. The zero-order valence-electron chi connectivity index (χ0n) is 14.5. The van der Waals surface area contributed by atoms with E-state index in [0.29, 0.717) is 28.9 Å². The topological polar surface area (TPSA) is 82.4 Å². The van der Waals surface area contributed by atoms with Crippen LogP contribution in [0.2, 0.25) is 0 Å². The van der Waals surface area contributed by atoms with E-state index in [9.17, 15) is 18.4 Å². The Kier molecular flexibility index (Phi) is 6.11. The van der Waals surface area contributed by atoms with Gasteiger partial charge in [-0.3, -0.25) is 9.59 Å². The molecule has 2 aromatic carbocycles. The van der Waals surface area contributed by atoms with Crippen molar-refractivity contribution < 1.29 is 23.1 Å². The Hall–Kier alpha value is -3.12. The second-order valence-electron chi connectivity index (χ2n) is 5.92. The van der Waals surface area contributed by atoms with E-state index in [2.05, 4.69) is 5.32 Å². The lowest BCUT2D eigenvalue weighted by atomic mass is 10.2. The van der Waals surface area contributed by atoms with Crippen molar-refractivity contribution in [1.29, 1.82) is 5.26 Å². The van der Waals surface area contributed by atoms with Crippen LogP contribution in [0.25, 0.3) is 0 Å². The van der Waals surface area contributed by atoms with Gasteiger partial charge in [0.15, 0.2) is 18.2 Å². The third-order valence-corrected chi connectivity index (χ3v) is 5.04. The predicted molar refractivity (Wildman–Crippen MR) is 99.6 cm³/mol. The summed E-state index contributed by atoms with van der Waals surface area (Å²) >= 11 is 1.41. The molecule has 0 saturated carbocycles. The lowest BCUT2D eigenvalue weighted by Crippen LogP contribution is -2.46. The fourth-order valence-corrected chi connectivity index (χ4v) is 3.75. The summed E-state index contributed by atoms with van der Waals surface area (Å²) in [5.41, 5.74) is 0.981. The van der Waals surface area contributed by atoms with Gasteiger partial charge in [0.25, 0.3) is 5.91 Å². The van der Waals surface area contributed by atoms with E-state index >= 15 is 0 Å². The molecule has 0 aliphatic carbocycles. The number of halogens is 2. The highest BCUT2D eigenvalue weighted by Gasteiger charge is 2.34. The Balaban J connectivity index is 1.60. The molecule has 1 N–H and O–H groups in total. The van der Waals surface area contributed by atoms with Gasteiger partial charge in [0.05, 0.1) is 17.5 Å². The van der Waals surface area contributed by atoms with Crippen LogP contribution < -0.4 is 10.1 Å². The second-order valence-corrected chi connectivity index (χ2v) is 6.92. The van der Waals surface area contributed by atoms with E-state index < -0.39 is 30.2 Å². The molecule has 6 nitrogen and oxygen atoms in total. The SMILES string of the molecule is N#Cc1ccc(NC(=O)C2CSCN2C(=O)COc2ccc(F)cc2F)cc1. The van der Waals surface area contributed by atoms with Crippen LogP contribution in [-0.4, -0.2) is 41.0 Å². The Morgan fingerprint density at radius 1 is 1.25 bits per heavy atom. The predicted octanol–water partition coefficient (Wildman–Crippen LogP) is 2.76. The number of hydrogen-bond acceptors (Lipinski definition) is 5. The molecule has 0 aromatic heterocycles. The van der Waals surface area contributed by atoms with Gasteiger partial charge in [-0.15, -0.1) is 11.8 Å². The molecule has 2 aromatic rings. The summed E-state index contributed by atoms with van der Waals surface area (Å²) in [5, 5.41) is 11.5. The van der Waals surface area contributed by atoms with Gasteiger partial charge in [0.1, 0.15) is 11.9 Å². The first-order valence-corrected chi connectivity index (χ1v) is 9.39. The zero-order chi connectivity index (χ0) is 20.1. The fraction of sp³-hybridized carbons (Fsp3) is 0.211. The number of hydrogen-bond donors (Lipinski definition) is 1. The minimum Gasteiger partial charge on any atom is -0.481 e. The first-order chi connectivity index (χ1) is 13.5. The maximum absolute atomic E-state index is 13.6. The molecule has 0 bridgehead atoms. The summed E-state index contributed by atoms with van der Waals surface area (Å²) in [5.74, 6) is -2.01. The third-order valence-electron chi connectivity index (χ3n) is 4.03. The van der Waals surface area contributed by atoms with Gasteiger partial charge in [-0.2, -0.15) is 5.26 Å². The quantitative estimate of drug-likeness (QED) is 0.830. The van der Waals surface area contributed by atoms with Crippen molar-refractivity contribution in [3.63, 3.8) is 0 Å². The van der Waals surface area contributed by atoms with Gasteiger partial charge in [0.2, 0.25) is 5.91 Å². The van der Waals surface area contributed by atoms with E-state index in [1.165, 1.54) is 16.7 Å². The number of nitrogens with zero attached hydrogens (tertiary/aromatic N) is 2. The third kappa shape index (κ3) is 4.58. The highest BCUT2D eigenvalue weighted by atomic mass is 32.2. The Bertz CT molecular complexity index is 931. The van der Waals surface area contributed by atoms with E-state index in [0.717, 1.165) is 12.1 Å². The van der Waals surface area contributed by atoms with Crippen molar-refractivity contribution in [3.8, 4) is 11.8 Å². The van der Waals surface area contributed by atoms with Gasteiger partial charge in [-0.1, -0.05) is 0 Å². The molecule has 1 atom stereocenters. The Morgan fingerprint density at radius 3 is 2.68 bits per heavy atom. The molecule has 1 fully saturated rings. The van der Waals surface area contributed by atoms with Crippen LogP contribution in [0.1, 0.15) is 5.56 Å². The Morgan fingerprint density at radius 2 is 2.00 bits per heavy atom. The highest BCUT2D eigenvalue weighted by Crippen LogP contribution is 2.23. The maximum Gasteiger partial charge on any atom is 0.261 e. The van der Waals surface area contributed by atoms with E-state index in [-0.39, 0.29) is 11.7 Å². The maximum atomic E-state index is 13.6. The number of rotatable bonds is 5. The Labute approximate surface area is 164 Å². The highest BCUT2D eigenvalue weighted by molar-refractivity contribution is 7.99. The second kappa shape index (κ2) is 8.71. The molecule has 3 rings (SSSR count).